The van der Waals surface area contributed by atoms with E-state index in [9.17, 15) is 4.79 Å². The first-order valence-corrected chi connectivity index (χ1v) is 10.6. The number of fused-ring (bicyclic) bond motifs is 1. The molecule has 1 aromatic carbocycles. The molecule has 4 rings (SSSR count). The first-order chi connectivity index (χ1) is 14.6. The number of ether oxygens (including phenoxy) is 1. The Morgan fingerprint density at radius 3 is 2.90 bits per heavy atom. The lowest BCUT2D eigenvalue weighted by Crippen LogP contribution is -2.14. The Morgan fingerprint density at radius 2 is 2.07 bits per heavy atom. The van der Waals surface area contributed by atoms with Gasteiger partial charge in [-0.1, -0.05) is 12.1 Å². The predicted octanol–water partition coefficient (Wildman–Crippen LogP) is 3.83. The average Bonchev–Trinajstić information content (AvgIpc) is 3.38. The molecule has 3 heterocycles. The molecule has 0 aliphatic rings. The highest BCUT2D eigenvalue weighted by Crippen LogP contribution is 2.32. The third-order valence-corrected chi connectivity index (χ3v) is 5.56. The smallest absolute Gasteiger partial charge is 0.252 e. The second-order valence-electron chi connectivity index (χ2n) is 6.75. The van der Waals surface area contributed by atoms with Crippen LogP contribution in [0.25, 0.3) is 17.0 Å². The van der Waals surface area contributed by atoms with Gasteiger partial charge in [-0.15, -0.1) is 11.3 Å². The van der Waals surface area contributed by atoms with Crippen molar-refractivity contribution in [2.24, 2.45) is 0 Å². The van der Waals surface area contributed by atoms with Crippen molar-refractivity contribution in [3.8, 4) is 17.0 Å². The first kappa shape index (κ1) is 20.0. The molecule has 0 saturated heterocycles. The lowest BCUT2D eigenvalue weighted by Gasteiger charge is -2.10. The molecule has 9 heteroatoms. The van der Waals surface area contributed by atoms with Gasteiger partial charge in [0, 0.05) is 28.8 Å². The maximum absolute atomic E-state index is 12.5. The molecule has 3 aromatic heterocycles. The number of benzene rings is 1. The standard InChI is InChI=1S/C21H22N6O2S/c1-4-29-18-8-6-5-7-16(18)17-11-30-21(25-17)26-19(28)10-9-15-13(2)24-20-22-12-23-27(20)14(15)3/h5-8,11-12H,4,9-10H2,1-3H3,(H,25,26,28). The minimum Gasteiger partial charge on any atom is -0.493 e. The maximum atomic E-state index is 12.5. The van der Waals surface area contributed by atoms with Gasteiger partial charge < -0.3 is 10.1 Å². The molecule has 0 radical (unpaired) electrons. The van der Waals surface area contributed by atoms with E-state index in [1.54, 1.807) is 4.52 Å². The average molecular weight is 423 g/mol. The van der Waals surface area contributed by atoms with Crippen molar-refractivity contribution in [3.05, 3.63) is 52.9 Å². The zero-order valence-electron chi connectivity index (χ0n) is 17.0. The highest BCUT2D eigenvalue weighted by molar-refractivity contribution is 7.14. The minimum absolute atomic E-state index is 0.0912. The summed E-state index contributed by atoms with van der Waals surface area (Å²) in [7, 11) is 0. The van der Waals surface area contributed by atoms with Crippen molar-refractivity contribution >= 4 is 28.2 Å². The molecule has 0 saturated carbocycles. The number of rotatable bonds is 7. The molecule has 1 amide bonds. The molecular weight excluding hydrogens is 400 g/mol. The molecule has 0 spiro atoms. The van der Waals surface area contributed by atoms with Gasteiger partial charge in [0.05, 0.1) is 12.3 Å². The summed E-state index contributed by atoms with van der Waals surface area (Å²) in [4.78, 5) is 25.6. The highest BCUT2D eigenvalue weighted by Gasteiger charge is 2.14. The molecule has 30 heavy (non-hydrogen) atoms. The monoisotopic (exact) mass is 422 g/mol. The molecule has 0 atom stereocenters. The second-order valence-corrected chi connectivity index (χ2v) is 7.61. The summed E-state index contributed by atoms with van der Waals surface area (Å²) < 4.78 is 7.37. The van der Waals surface area contributed by atoms with Gasteiger partial charge in [-0.05, 0) is 44.9 Å². The predicted molar refractivity (Wildman–Crippen MR) is 116 cm³/mol. The molecule has 0 aliphatic carbocycles. The third-order valence-electron chi connectivity index (χ3n) is 4.80. The van der Waals surface area contributed by atoms with E-state index in [4.69, 9.17) is 4.74 Å². The summed E-state index contributed by atoms with van der Waals surface area (Å²) in [5.74, 6) is 1.26. The van der Waals surface area contributed by atoms with Crippen LogP contribution in [0.5, 0.6) is 5.75 Å². The number of carbonyl (C=O) groups is 1. The van der Waals surface area contributed by atoms with E-state index in [2.05, 4.69) is 25.4 Å². The molecular formula is C21H22N6O2S. The largest absolute Gasteiger partial charge is 0.493 e. The van der Waals surface area contributed by atoms with Crippen molar-refractivity contribution in [1.29, 1.82) is 0 Å². The number of aromatic nitrogens is 5. The summed E-state index contributed by atoms with van der Waals surface area (Å²) in [6, 6.07) is 7.75. The summed E-state index contributed by atoms with van der Waals surface area (Å²) in [6.45, 7) is 6.42. The Bertz CT molecular complexity index is 1200. The van der Waals surface area contributed by atoms with Crippen LogP contribution in [-0.2, 0) is 11.2 Å². The fraction of sp³-hybridized carbons (Fsp3) is 0.286. The van der Waals surface area contributed by atoms with Gasteiger partial charge in [0.15, 0.2) is 5.13 Å². The van der Waals surface area contributed by atoms with Gasteiger partial charge in [0.1, 0.15) is 12.1 Å². The molecule has 1 N–H and O–H groups in total. The number of aryl methyl sites for hydroxylation is 2. The fourth-order valence-electron chi connectivity index (χ4n) is 3.35. The molecule has 0 unspecified atom stereocenters. The van der Waals surface area contributed by atoms with Crippen LogP contribution in [0.4, 0.5) is 5.13 Å². The summed E-state index contributed by atoms with van der Waals surface area (Å²) >= 11 is 1.40. The van der Waals surface area contributed by atoms with E-state index >= 15 is 0 Å². The zero-order chi connectivity index (χ0) is 21.1. The number of nitrogens with one attached hydrogen (secondary N) is 1. The van der Waals surface area contributed by atoms with E-state index < -0.39 is 0 Å². The van der Waals surface area contributed by atoms with E-state index in [0.29, 0.717) is 30.4 Å². The van der Waals surface area contributed by atoms with Crippen LogP contribution in [0.2, 0.25) is 0 Å². The summed E-state index contributed by atoms with van der Waals surface area (Å²) in [6.07, 6.45) is 2.38. The number of nitrogens with zero attached hydrogens (tertiary/aromatic N) is 5. The molecule has 154 valence electrons. The second kappa shape index (κ2) is 8.58. The van der Waals surface area contributed by atoms with Crippen LogP contribution in [-0.4, -0.2) is 37.1 Å². The van der Waals surface area contributed by atoms with Crippen LogP contribution in [0.15, 0.2) is 36.0 Å². The van der Waals surface area contributed by atoms with E-state index in [0.717, 1.165) is 34.0 Å². The van der Waals surface area contributed by atoms with Crippen molar-refractivity contribution < 1.29 is 9.53 Å². The fourth-order valence-corrected chi connectivity index (χ4v) is 4.08. The zero-order valence-corrected chi connectivity index (χ0v) is 17.9. The van der Waals surface area contributed by atoms with Crippen LogP contribution in [0, 0.1) is 13.8 Å². The van der Waals surface area contributed by atoms with Crippen LogP contribution < -0.4 is 10.1 Å². The van der Waals surface area contributed by atoms with Gasteiger partial charge in [-0.2, -0.15) is 10.1 Å². The van der Waals surface area contributed by atoms with Gasteiger partial charge in [0.2, 0.25) is 5.91 Å². The normalized spacial score (nSPS) is 11.0. The SMILES string of the molecule is CCOc1ccccc1-c1csc(NC(=O)CCc2c(C)nc3ncnn3c2C)n1. The van der Waals surface area contributed by atoms with Crippen molar-refractivity contribution in [2.75, 3.05) is 11.9 Å². The number of amides is 1. The van der Waals surface area contributed by atoms with E-state index in [-0.39, 0.29) is 5.91 Å². The number of para-hydroxylation sites is 1. The molecule has 0 bridgehead atoms. The number of carbonyl (C=O) groups excluding carboxylic acids is 1. The quantitative estimate of drug-likeness (QED) is 0.486. The van der Waals surface area contributed by atoms with Gasteiger partial charge >= 0.3 is 0 Å². The summed E-state index contributed by atoms with van der Waals surface area (Å²) in [5, 5.41) is 9.58. The molecule has 0 fully saturated rings. The van der Waals surface area contributed by atoms with E-state index in [1.165, 1.54) is 17.7 Å². The summed E-state index contributed by atoms with van der Waals surface area (Å²) in [5.41, 5.74) is 4.52. The van der Waals surface area contributed by atoms with Crippen molar-refractivity contribution in [1.82, 2.24) is 24.6 Å². The van der Waals surface area contributed by atoms with Gasteiger partial charge in [-0.3, -0.25) is 4.79 Å². The van der Waals surface area contributed by atoms with Crippen molar-refractivity contribution in [3.63, 3.8) is 0 Å². The maximum Gasteiger partial charge on any atom is 0.252 e. The van der Waals surface area contributed by atoms with Crippen molar-refractivity contribution in [2.45, 2.75) is 33.6 Å². The number of hydrogen-bond acceptors (Lipinski definition) is 7. The topological polar surface area (TPSA) is 94.3 Å². The van der Waals surface area contributed by atoms with E-state index in [1.807, 2.05) is 50.4 Å². The molecule has 0 aliphatic heterocycles. The number of hydrogen-bond donors (Lipinski definition) is 1. The molecule has 8 nitrogen and oxygen atoms in total. The van der Waals surface area contributed by atoms with Crippen LogP contribution in [0.3, 0.4) is 0 Å². The first-order valence-electron chi connectivity index (χ1n) is 9.70. The Kier molecular flexibility index (Phi) is 5.71. The Balaban J connectivity index is 1.44. The number of anilines is 1. The van der Waals surface area contributed by atoms with Gasteiger partial charge in [0.25, 0.3) is 5.78 Å². The van der Waals surface area contributed by atoms with Crippen LogP contribution in [0.1, 0.15) is 30.3 Å². The molecule has 4 aromatic rings. The lowest BCUT2D eigenvalue weighted by atomic mass is 10.1. The van der Waals surface area contributed by atoms with Crippen LogP contribution >= 0.6 is 11.3 Å². The lowest BCUT2D eigenvalue weighted by molar-refractivity contribution is -0.116. The Labute approximate surface area is 178 Å². The third kappa shape index (κ3) is 4.02. The Hall–Kier alpha value is -3.33. The minimum atomic E-state index is -0.0912. The van der Waals surface area contributed by atoms with Gasteiger partial charge in [-0.25, -0.2) is 14.5 Å². The Morgan fingerprint density at radius 1 is 1.23 bits per heavy atom. The number of thiazole rings is 1. The highest BCUT2D eigenvalue weighted by atomic mass is 32.1.